The molecule has 1 unspecified atom stereocenters. The van der Waals surface area contributed by atoms with Crippen LogP contribution in [0.15, 0.2) is 5.10 Å². The van der Waals surface area contributed by atoms with Gasteiger partial charge in [0.25, 0.3) is 5.91 Å². The van der Waals surface area contributed by atoms with Crippen molar-refractivity contribution in [3.63, 3.8) is 0 Å². The first kappa shape index (κ1) is 22.0. The summed E-state index contributed by atoms with van der Waals surface area (Å²) in [4.78, 5) is 41.2. The van der Waals surface area contributed by atoms with Crippen molar-refractivity contribution >= 4 is 33.4 Å². The van der Waals surface area contributed by atoms with Crippen molar-refractivity contribution in [1.29, 1.82) is 0 Å². The number of carbonyl (C=O) groups excluding carboxylic acids is 3. The van der Waals surface area contributed by atoms with Crippen LogP contribution in [-0.2, 0) is 19.4 Å². The van der Waals surface area contributed by atoms with Crippen molar-refractivity contribution in [2.24, 2.45) is 5.10 Å². The molecule has 11 heteroatoms. The fourth-order valence-electron chi connectivity index (χ4n) is 4.79. The first-order valence-corrected chi connectivity index (χ1v) is 13.1. The normalized spacial score (nSPS) is 27.2. The Morgan fingerprint density at radius 3 is 2.26 bits per heavy atom. The fraction of sp³-hybridized carbons (Fsp3) is 0.800. The summed E-state index contributed by atoms with van der Waals surface area (Å²) in [5, 5.41) is 8.60. The van der Waals surface area contributed by atoms with Gasteiger partial charge in [-0.05, 0) is 19.3 Å². The van der Waals surface area contributed by atoms with Crippen molar-refractivity contribution < 1.29 is 22.8 Å². The molecule has 4 rings (SSSR count). The largest absolute Gasteiger partial charge is 0.335 e. The topological polar surface area (TPSA) is 119 Å². The third-order valence-electron chi connectivity index (χ3n) is 6.65. The van der Waals surface area contributed by atoms with E-state index in [4.69, 9.17) is 0 Å². The highest BCUT2D eigenvalue weighted by atomic mass is 32.2. The van der Waals surface area contributed by atoms with Gasteiger partial charge >= 0.3 is 6.03 Å². The van der Waals surface area contributed by atoms with Crippen molar-refractivity contribution in [1.82, 2.24) is 20.1 Å². The Morgan fingerprint density at radius 1 is 0.935 bits per heavy atom. The molecule has 1 N–H and O–H groups in total. The van der Waals surface area contributed by atoms with Gasteiger partial charge < -0.3 is 15.1 Å². The molecule has 4 aliphatic rings. The minimum Gasteiger partial charge on any atom is -0.335 e. The lowest BCUT2D eigenvalue weighted by atomic mass is 9.96. The zero-order valence-corrected chi connectivity index (χ0v) is 18.6. The Kier molecular flexibility index (Phi) is 6.49. The molecule has 0 bridgehead atoms. The molecule has 3 fully saturated rings. The molecular weight excluding hydrogens is 422 g/mol. The Balaban J connectivity index is 1.32. The van der Waals surface area contributed by atoms with E-state index in [0.717, 1.165) is 25.7 Å². The molecule has 3 heterocycles. The van der Waals surface area contributed by atoms with Gasteiger partial charge in [0.05, 0.1) is 17.5 Å². The summed E-state index contributed by atoms with van der Waals surface area (Å²) in [6, 6.07) is -0.297. The lowest BCUT2D eigenvalue weighted by Gasteiger charge is -2.37. The summed E-state index contributed by atoms with van der Waals surface area (Å²) in [6.07, 6.45) is 6.37. The van der Waals surface area contributed by atoms with Gasteiger partial charge in [0.1, 0.15) is 5.71 Å². The van der Waals surface area contributed by atoms with E-state index in [2.05, 4.69) is 10.4 Å². The highest BCUT2D eigenvalue weighted by molar-refractivity contribution is 7.91. The minimum atomic E-state index is -3.15. The molecule has 0 spiro atoms. The van der Waals surface area contributed by atoms with Gasteiger partial charge in [-0.1, -0.05) is 19.3 Å². The van der Waals surface area contributed by atoms with Crippen LogP contribution in [-0.4, -0.2) is 96.6 Å². The molecule has 2 saturated heterocycles. The molecule has 172 valence electrons. The van der Waals surface area contributed by atoms with Crippen molar-refractivity contribution in [2.45, 2.75) is 63.5 Å². The van der Waals surface area contributed by atoms with Crippen LogP contribution < -0.4 is 5.32 Å². The number of amides is 4. The van der Waals surface area contributed by atoms with Crippen LogP contribution in [0.2, 0.25) is 0 Å². The van der Waals surface area contributed by atoms with Crippen LogP contribution in [0, 0.1) is 0 Å². The molecule has 3 aliphatic heterocycles. The van der Waals surface area contributed by atoms with Gasteiger partial charge in [-0.2, -0.15) is 5.10 Å². The van der Waals surface area contributed by atoms with Crippen LogP contribution in [0.25, 0.3) is 0 Å². The first-order chi connectivity index (χ1) is 14.8. The molecule has 1 saturated carbocycles. The number of hydrazone groups is 1. The number of urea groups is 1. The Bertz CT molecular complexity index is 859. The standard InChI is InChI=1S/C20H31N5O5S/c26-18-7-6-17(22-25(18)16-8-13-31(29,30)14-16)19(27)23-9-11-24(12-10-23)20(28)21-15-4-2-1-3-5-15/h15-16H,1-14H2,(H,21,28). The maximum atomic E-state index is 13.0. The lowest BCUT2D eigenvalue weighted by Crippen LogP contribution is -2.56. The molecule has 1 aliphatic carbocycles. The average molecular weight is 454 g/mol. The summed E-state index contributed by atoms with van der Waals surface area (Å²) in [6.45, 7) is 1.76. The molecule has 31 heavy (non-hydrogen) atoms. The molecule has 0 aromatic carbocycles. The monoisotopic (exact) mass is 453 g/mol. The summed E-state index contributed by atoms with van der Waals surface area (Å²) in [5.41, 5.74) is 0.295. The number of hydrogen-bond donors (Lipinski definition) is 1. The van der Waals surface area contributed by atoms with E-state index in [1.807, 2.05) is 0 Å². The van der Waals surface area contributed by atoms with Gasteiger partial charge in [-0.15, -0.1) is 0 Å². The first-order valence-electron chi connectivity index (χ1n) is 11.3. The van der Waals surface area contributed by atoms with Crippen LogP contribution in [0.4, 0.5) is 4.79 Å². The molecular formula is C20H31N5O5S. The zero-order chi connectivity index (χ0) is 22.0. The number of sulfone groups is 1. The average Bonchev–Trinajstić information content (AvgIpc) is 3.14. The Labute approximate surface area is 182 Å². The van der Waals surface area contributed by atoms with Gasteiger partial charge in [0.2, 0.25) is 5.91 Å². The zero-order valence-electron chi connectivity index (χ0n) is 17.8. The molecule has 1 atom stereocenters. The number of rotatable bonds is 3. The van der Waals surface area contributed by atoms with E-state index in [1.165, 1.54) is 11.4 Å². The van der Waals surface area contributed by atoms with Gasteiger partial charge in [0.15, 0.2) is 9.84 Å². The van der Waals surface area contributed by atoms with Crippen molar-refractivity contribution in [2.75, 3.05) is 37.7 Å². The quantitative estimate of drug-likeness (QED) is 0.661. The predicted octanol–water partition coefficient (Wildman–Crippen LogP) is 0.338. The predicted molar refractivity (Wildman–Crippen MR) is 114 cm³/mol. The fourth-order valence-corrected chi connectivity index (χ4v) is 6.48. The summed E-state index contributed by atoms with van der Waals surface area (Å²) < 4.78 is 23.5. The highest BCUT2D eigenvalue weighted by Gasteiger charge is 2.38. The second kappa shape index (κ2) is 9.13. The number of piperazine rings is 1. The highest BCUT2D eigenvalue weighted by Crippen LogP contribution is 2.23. The van der Waals surface area contributed by atoms with E-state index in [-0.39, 0.29) is 48.2 Å². The third kappa shape index (κ3) is 5.19. The maximum absolute atomic E-state index is 13.0. The van der Waals surface area contributed by atoms with E-state index < -0.39 is 15.9 Å². The van der Waals surface area contributed by atoms with E-state index in [0.29, 0.717) is 38.3 Å². The molecule has 0 aromatic rings. The molecule has 0 radical (unpaired) electrons. The number of nitrogens with zero attached hydrogens (tertiary/aromatic N) is 4. The molecule has 10 nitrogen and oxygen atoms in total. The molecule has 0 aromatic heterocycles. The van der Waals surface area contributed by atoms with Gasteiger partial charge in [-0.25, -0.2) is 18.2 Å². The third-order valence-corrected chi connectivity index (χ3v) is 8.40. The maximum Gasteiger partial charge on any atom is 0.317 e. The second-order valence-electron chi connectivity index (χ2n) is 8.91. The minimum absolute atomic E-state index is 0.0468. The van der Waals surface area contributed by atoms with Crippen LogP contribution >= 0.6 is 0 Å². The van der Waals surface area contributed by atoms with Gasteiger partial charge in [0, 0.05) is 45.1 Å². The number of carbonyl (C=O) groups is 3. The summed E-state index contributed by atoms with van der Waals surface area (Å²) in [7, 11) is -3.15. The number of hydrogen-bond acceptors (Lipinski definition) is 6. The number of nitrogens with one attached hydrogen (secondary N) is 1. The summed E-state index contributed by atoms with van der Waals surface area (Å²) in [5.74, 6) is -0.516. The smallest absolute Gasteiger partial charge is 0.317 e. The molecule has 4 amide bonds. The SMILES string of the molecule is O=C(NC1CCCCC1)N1CCN(C(=O)C2=NN(C3CCS(=O)(=O)C3)C(=O)CC2)CC1. The Morgan fingerprint density at radius 2 is 1.61 bits per heavy atom. The van der Waals surface area contributed by atoms with E-state index in [1.54, 1.807) is 9.80 Å². The van der Waals surface area contributed by atoms with E-state index in [9.17, 15) is 22.8 Å². The van der Waals surface area contributed by atoms with Crippen molar-refractivity contribution in [3.8, 4) is 0 Å². The van der Waals surface area contributed by atoms with Crippen molar-refractivity contribution in [3.05, 3.63) is 0 Å². The van der Waals surface area contributed by atoms with Crippen LogP contribution in [0.5, 0.6) is 0 Å². The van der Waals surface area contributed by atoms with E-state index >= 15 is 0 Å². The second-order valence-corrected chi connectivity index (χ2v) is 11.1. The van der Waals surface area contributed by atoms with Crippen LogP contribution in [0.3, 0.4) is 0 Å². The van der Waals surface area contributed by atoms with Crippen LogP contribution in [0.1, 0.15) is 51.4 Å². The van der Waals surface area contributed by atoms with Gasteiger partial charge in [-0.3, -0.25) is 9.59 Å². The Hall–Kier alpha value is -2.17. The lowest BCUT2D eigenvalue weighted by molar-refractivity contribution is -0.134. The summed E-state index contributed by atoms with van der Waals surface area (Å²) >= 11 is 0.